The maximum absolute atomic E-state index is 13.1. The maximum Gasteiger partial charge on any atom is 0.251 e. The Balaban J connectivity index is 1.34. The average molecular weight is 487 g/mol. The van der Waals surface area contributed by atoms with E-state index >= 15 is 0 Å². The molecule has 0 saturated carbocycles. The van der Waals surface area contributed by atoms with Gasteiger partial charge in [-0.25, -0.2) is 4.39 Å². The number of ether oxygens (including phenoxy) is 2. The highest BCUT2D eigenvalue weighted by molar-refractivity contribution is 5.94. The number of hydrogen-bond donors (Lipinski definition) is 2. The summed E-state index contributed by atoms with van der Waals surface area (Å²) in [4.78, 5) is 12.6. The van der Waals surface area contributed by atoms with Crippen molar-refractivity contribution in [2.75, 3.05) is 18.5 Å². The Morgan fingerprint density at radius 3 is 2.22 bits per heavy atom. The van der Waals surface area contributed by atoms with Crippen LogP contribution in [0.4, 0.5) is 15.9 Å². The van der Waals surface area contributed by atoms with E-state index in [0.29, 0.717) is 48.3 Å². The van der Waals surface area contributed by atoms with Crippen LogP contribution in [0.2, 0.25) is 0 Å². The summed E-state index contributed by atoms with van der Waals surface area (Å²) < 4.78 is 24.3. The number of carbonyl (C=O) groups excluding carboxylic acids is 1. The van der Waals surface area contributed by atoms with Crippen LogP contribution in [0.1, 0.15) is 29.8 Å². The highest BCUT2D eigenvalue weighted by Gasteiger charge is 2.09. The van der Waals surface area contributed by atoms with Gasteiger partial charge in [0.1, 0.15) is 5.82 Å². The van der Waals surface area contributed by atoms with E-state index in [1.54, 1.807) is 42.5 Å². The Labute approximate surface area is 209 Å². The molecule has 1 heterocycles. The Kier molecular flexibility index (Phi) is 8.08. The number of nitrogens with zero attached hydrogens (tertiary/aromatic N) is 2. The molecule has 0 fully saturated rings. The fourth-order valence-electron chi connectivity index (χ4n) is 3.52. The van der Waals surface area contributed by atoms with Crippen molar-refractivity contribution < 1.29 is 18.7 Å². The van der Waals surface area contributed by atoms with Crippen molar-refractivity contribution in [3.8, 4) is 22.8 Å². The van der Waals surface area contributed by atoms with Crippen LogP contribution in [0.5, 0.6) is 11.5 Å². The third-order valence-corrected chi connectivity index (χ3v) is 5.28. The van der Waals surface area contributed by atoms with Gasteiger partial charge in [-0.05, 0) is 92.2 Å². The molecular formula is C28H27FN4O3. The minimum atomic E-state index is -0.297. The number of aromatic nitrogens is 2. The van der Waals surface area contributed by atoms with Crippen LogP contribution in [0.3, 0.4) is 0 Å². The first-order chi connectivity index (χ1) is 17.6. The largest absolute Gasteiger partial charge is 0.490 e. The van der Waals surface area contributed by atoms with E-state index in [4.69, 9.17) is 9.47 Å². The van der Waals surface area contributed by atoms with E-state index in [2.05, 4.69) is 20.8 Å². The first kappa shape index (κ1) is 24.7. The van der Waals surface area contributed by atoms with Crippen molar-refractivity contribution in [1.82, 2.24) is 15.5 Å². The molecule has 3 aromatic carbocycles. The molecule has 2 N–H and O–H groups in total. The zero-order valence-corrected chi connectivity index (χ0v) is 20.1. The first-order valence-corrected chi connectivity index (χ1v) is 11.7. The van der Waals surface area contributed by atoms with Crippen molar-refractivity contribution in [2.45, 2.75) is 20.4 Å². The molecule has 36 heavy (non-hydrogen) atoms. The molecule has 0 spiro atoms. The fraction of sp³-hybridized carbons (Fsp3) is 0.179. The molecule has 184 valence electrons. The van der Waals surface area contributed by atoms with Crippen LogP contribution < -0.4 is 20.1 Å². The minimum absolute atomic E-state index is 0.183. The monoisotopic (exact) mass is 486 g/mol. The molecule has 7 nitrogen and oxygen atoms in total. The third-order valence-electron chi connectivity index (χ3n) is 5.28. The molecule has 0 aliphatic heterocycles. The van der Waals surface area contributed by atoms with Gasteiger partial charge in [0, 0.05) is 23.4 Å². The summed E-state index contributed by atoms with van der Waals surface area (Å²) in [7, 11) is 0. The lowest BCUT2D eigenvalue weighted by atomic mass is 10.1. The van der Waals surface area contributed by atoms with Gasteiger partial charge in [0.05, 0.1) is 18.9 Å². The Morgan fingerprint density at radius 1 is 0.833 bits per heavy atom. The van der Waals surface area contributed by atoms with Crippen LogP contribution in [-0.2, 0) is 6.54 Å². The van der Waals surface area contributed by atoms with E-state index in [-0.39, 0.29) is 11.7 Å². The number of nitrogens with one attached hydrogen (secondary N) is 2. The van der Waals surface area contributed by atoms with Gasteiger partial charge < -0.3 is 20.1 Å². The summed E-state index contributed by atoms with van der Waals surface area (Å²) in [6, 6.07) is 22.4. The number of carbonyl (C=O) groups is 1. The van der Waals surface area contributed by atoms with Gasteiger partial charge >= 0.3 is 0 Å². The quantitative estimate of drug-likeness (QED) is 0.297. The zero-order chi connectivity index (χ0) is 25.3. The SMILES string of the molecule is CCOc1ccc(CNC(=O)c2ccc(Nc3ccc(-c4ccc(F)cc4)nn3)cc2)cc1OCC. The lowest BCUT2D eigenvalue weighted by Gasteiger charge is -2.13. The lowest BCUT2D eigenvalue weighted by molar-refractivity contribution is 0.0951. The van der Waals surface area contributed by atoms with Crippen molar-refractivity contribution in [1.29, 1.82) is 0 Å². The van der Waals surface area contributed by atoms with E-state index in [1.165, 1.54) is 12.1 Å². The van der Waals surface area contributed by atoms with Crippen LogP contribution in [-0.4, -0.2) is 29.3 Å². The summed E-state index contributed by atoms with van der Waals surface area (Å²) in [6.07, 6.45) is 0. The van der Waals surface area contributed by atoms with E-state index in [0.717, 1.165) is 16.8 Å². The number of halogens is 1. The van der Waals surface area contributed by atoms with Crippen molar-refractivity contribution >= 4 is 17.4 Å². The van der Waals surface area contributed by atoms with E-state index in [1.807, 2.05) is 38.1 Å². The molecule has 1 amide bonds. The molecule has 0 saturated heterocycles. The van der Waals surface area contributed by atoms with Gasteiger partial charge in [0.15, 0.2) is 17.3 Å². The Bertz CT molecular complexity index is 1290. The molecule has 4 rings (SSSR count). The predicted octanol–water partition coefficient (Wildman–Crippen LogP) is 5.75. The molecule has 0 aliphatic rings. The predicted molar refractivity (Wildman–Crippen MR) is 137 cm³/mol. The number of rotatable bonds is 10. The summed E-state index contributed by atoms with van der Waals surface area (Å²) in [5.41, 5.74) is 3.65. The van der Waals surface area contributed by atoms with E-state index in [9.17, 15) is 9.18 Å². The van der Waals surface area contributed by atoms with Gasteiger partial charge in [0.2, 0.25) is 0 Å². The van der Waals surface area contributed by atoms with Crippen LogP contribution in [0.15, 0.2) is 78.9 Å². The van der Waals surface area contributed by atoms with Crippen LogP contribution >= 0.6 is 0 Å². The molecule has 0 atom stereocenters. The number of benzene rings is 3. The standard InChI is InChI=1S/C28H27FN4O3/c1-3-35-25-15-5-19(17-26(25)36-4-2)18-30-28(34)21-8-12-23(13-9-21)31-27-16-14-24(32-33-27)20-6-10-22(29)11-7-20/h5-17H,3-4,18H2,1-2H3,(H,30,34)(H,31,33). The van der Waals surface area contributed by atoms with Gasteiger partial charge in [-0.1, -0.05) is 6.07 Å². The summed E-state index contributed by atoms with van der Waals surface area (Å²) in [5, 5.41) is 14.5. The molecule has 0 aliphatic carbocycles. The minimum Gasteiger partial charge on any atom is -0.490 e. The normalized spacial score (nSPS) is 10.5. The molecule has 1 aromatic heterocycles. The molecule has 8 heteroatoms. The molecular weight excluding hydrogens is 459 g/mol. The van der Waals surface area contributed by atoms with Crippen LogP contribution in [0, 0.1) is 5.82 Å². The Morgan fingerprint density at radius 2 is 1.56 bits per heavy atom. The highest BCUT2D eigenvalue weighted by Crippen LogP contribution is 2.28. The second kappa shape index (κ2) is 11.8. The summed E-state index contributed by atoms with van der Waals surface area (Å²) >= 11 is 0. The van der Waals surface area contributed by atoms with Gasteiger partial charge in [-0.15, -0.1) is 10.2 Å². The van der Waals surface area contributed by atoms with E-state index < -0.39 is 0 Å². The topological polar surface area (TPSA) is 85.4 Å². The van der Waals surface area contributed by atoms with Gasteiger partial charge in [-0.2, -0.15) is 0 Å². The number of amides is 1. The van der Waals surface area contributed by atoms with Gasteiger partial charge in [0.25, 0.3) is 5.91 Å². The molecule has 4 aromatic rings. The molecule has 0 unspecified atom stereocenters. The van der Waals surface area contributed by atoms with Crippen molar-refractivity contribution in [2.24, 2.45) is 0 Å². The maximum atomic E-state index is 13.1. The first-order valence-electron chi connectivity index (χ1n) is 11.7. The van der Waals surface area contributed by atoms with Crippen LogP contribution in [0.25, 0.3) is 11.3 Å². The van der Waals surface area contributed by atoms with Crippen molar-refractivity contribution in [3.63, 3.8) is 0 Å². The second-order valence-corrected chi connectivity index (χ2v) is 7.84. The fourth-order valence-corrected chi connectivity index (χ4v) is 3.52. The molecule has 0 radical (unpaired) electrons. The van der Waals surface area contributed by atoms with Gasteiger partial charge in [-0.3, -0.25) is 4.79 Å². The lowest BCUT2D eigenvalue weighted by Crippen LogP contribution is -2.22. The smallest absolute Gasteiger partial charge is 0.251 e. The summed E-state index contributed by atoms with van der Waals surface area (Å²) in [6.45, 7) is 5.28. The molecule has 0 bridgehead atoms. The Hall–Kier alpha value is -4.46. The highest BCUT2D eigenvalue weighted by atomic mass is 19.1. The van der Waals surface area contributed by atoms with Crippen molar-refractivity contribution in [3.05, 3.63) is 95.8 Å². The average Bonchev–Trinajstić information content (AvgIpc) is 2.90. The zero-order valence-electron chi connectivity index (χ0n) is 20.1. The second-order valence-electron chi connectivity index (χ2n) is 7.84. The third kappa shape index (κ3) is 6.35. The summed E-state index contributed by atoms with van der Waals surface area (Å²) in [5.74, 6) is 1.42. The number of anilines is 2. The number of hydrogen-bond acceptors (Lipinski definition) is 6.